The molecule has 1 aliphatic rings. The Hall–Kier alpha value is -3.45. The van der Waals surface area contributed by atoms with Crippen LogP contribution in [0.3, 0.4) is 0 Å². The van der Waals surface area contributed by atoms with Gasteiger partial charge in [0.25, 0.3) is 0 Å². The number of ether oxygens (including phenoxy) is 1. The van der Waals surface area contributed by atoms with E-state index >= 15 is 0 Å². The van der Waals surface area contributed by atoms with Crippen LogP contribution in [0.25, 0.3) is 11.3 Å². The fourth-order valence-electron chi connectivity index (χ4n) is 3.54. The second-order valence-electron chi connectivity index (χ2n) is 6.88. The van der Waals surface area contributed by atoms with Crippen molar-refractivity contribution in [2.45, 2.75) is 11.7 Å². The van der Waals surface area contributed by atoms with Crippen LogP contribution < -0.4 is 4.74 Å². The third kappa shape index (κ3) is 3.84. The highest BCUT2D eigenvalue weighted by Gasteiger charge is 2.31. The molecular weight excluding hydrogens is 407 g/mol. The average Bonchev–Trinajstić information content (AvgIpc) is 2.73. The highest BCUT2D eigenvalue weighted by Crippen LogP contribution is 2.46. The number of thiol groups is 1. The predicted octanol–water partition coefficient (Wildman–Crippen LogP) is 3.89. The van der Waals surface area contributed by atoms with Gasteiger partial charge in [0.2, 0.25) is 0 Å². The quantitative estimate of drug-likeness (QED) is 0.480. The van der Waals surface area contributed by atoms with Gasteiger partial charge < -0.3 is 14.6 Å². The van der Waals surface area contributed by atoms with E-state index in [2.05, 4.69) is 0 Å². The number of halogens is 1. The molecule has 4 rings (SSSR count). The van der Waals surface area contributed by atoms with E-state index < -0.39 is 22.4 Å². The molecular formula is C23H17FO5S. The van der Waals surface area contributed by atoms with Crippen LogP contribution in [0.2, 0.25) is 0 Å². The summed E-state index contributed by atoms with van der Waals surface area (Å²) in [5.74, 6) is -0.375. The summed E-state index contributed by atoms with van der Waals surface area (Å²) in [6.45, 7) is 0. The van der Waals surface area contributed by atoms with E-state index in [0.717, 1.165) is 6.29 Å². The third-order valence-electron chi connectivity index (χ3n) is 4.92. The number of fused-ring (bicyclic) bond motifs is 1. The van der Waals surface area contributed by atoms with Crippen molar-refractivity contribution in [1.82, 2.24) is 0 Å². The molecule has 1 unspecified atom stereocenters. The highest BCUT2D eigenvalue weighted by atomic mass is 32.2. The first-order chi connectivity index (χ1) is 14.5. The topological polar surface area (TPSA) is 80.7 Å². The number of allylic oxidation sites excluding steroid dienone is 1. The maximum atomic E-state index is 13.5. The van der Waals surface area contributed by atoms with E-state index in [-0.39, 0.29) is 11.5 Å². The fourth-order valence-corrected chi connectivity index (χ4v) is 4.05. The SMILES string of the molecule is O=CC1C(c2ccc(F)cc2)=C(c2ccc(C[SH](=O)=O)cc2)Oc2ccc(O)cc21. The number of phenols is 1. The smallest absolute Gasteiger partial charge is 0.144 e. The number of carbonyl (C=O) groups excluding carboxylic acids is 1. The van der Waals surface area contributed by atoms with Crippen LogP contribution in [0.15, 0.2) is 66.7 Å². The van der Waals surface area contributed by atoms with Gasteiger partial charge in [-0.15, -0.1) is 0 Å². The van der Waals surface area contributed by atoms with Crippen LogP contribution in [-0.2, 0) is 21.3 Å². The van der Waals surface area contributed by atoms with Gasteiger partial charge in [-0.2, -0.15) is 0 Å². The van der Waals surface area contributed by atoms with Crippen LogP contribution in [0.5, 0.6) is 11.5 Å². The Bertz CT molecular complexity index is 1200. The number of phenolic OH excluding ortho intramolecular Hbond substituents is 1. The van der Waals surface area contributed by atoms with E-state index in [4.69, 9.17) is 4.74 Å². The van der Waals surface area contributed by atoms with Gasteiger partial charge in [0.15, 0.2) is 0 Å². The Labute approximate surface area is 174 Å². The van der Waals surface area contributed by atoms with Gasteiger partial charge in [-0.3, -0.25) is 0 Å². The lowest BCUT2D eigenvalue weighted by Gasteiger charge is -2.28. The summed E-state index contributed by atoms with van der Waals surface area (Å²) in [6.07, 6.45) is 0.760. The van der Waals surface area contributed by atoms with Gasteiger partial charge in [-0.05, 0) is 41.5 Å². The summed E-state index contributed by atoms with van der Waals surface area (Å²) in [4.78, 5) is 12.1. The van der Waals surface area contributed by atoms with Crippen LogP contribution >= 0.6 is 0 Å². The van der Waals surface area contributed by atoms with Crippen molar-refractivity contribution < 1.29 is 27.4 Å². The molecule has 0 saturated heterocycles. The lowest BCUT2D eigenvalue weighted by atomic mass is 9.83. The van der Waals surface area contributed by atoms with Crippen molar-refractivity contribution in [3.05, 3.63) is 94.8 Å². The highest BCUT2D eigenvalue weighted by molar-refractivity contribution is 7.71. The number of carbonyl (C=O) groups is 1. The molecule has 0 bridgehead atoms. The standard InChI is InChI=1S/C23H17FO5S/c24-17-7-5-15(6-8-17)22-20(12-25)19-11-18(26)9-10-21(19)29-23(22)16-3-1-14(2-4-16)13-30(27)28/h1-12,20,26,30H,13H2. The average molecular weight is 424 g/mol. The maximum absolute atomic E-state index is 13.5. The zero-order valence-corrected chi connectivity index (χ0v) is 16.5. The third-order valence-corrected chi connectivity index (χ3v) is 5.54. The van der Waals surface area contributed by atoms with Crippen molar-refractivity contribution in [3.63, 3.8) is 0 Å². The van der Waals surface area contributed by atoms with E-state index in [9.17, 15) is 22.7 Å². The summed E-state index contributed by atoms with van der Waals surface area (Å²) in [5, 5.41) is 9.89. The zero-order chi connectivity index (χ0) is 21.3. The molecule has 1 N–H and O–H groups in total. The number of aldehydes is 1. The molecule has 0 amide bonds. The number of hydrogen-bond acceptors (Lipinski definition) is 5. The summed E-state index contributed by atoms with van der Waals surface area (Å²) < 4.78 is 41.6. The number of hydrogen-bond donors (Lipinski definition) is 2. The molecule has 7 heteroatoms. The molecule has 30 heavy (non-hydrogen) atoms. The second-order valence-corrected chi connectivity index (χ2v) is 7.86. The normalized spacial score (nSPS) is 15.6. The van der Waals surface area contributed by atoms with Gasteiger partial charge in [-0.25, -0.2) is 12.8 Å². The summed E-state index contributed by atoms with van der Waals surface area (Å²) in [5.41, 5.74) is 2.92. The molecule has 0 saturated carbocycles. The molecule has 5 nitrogen and oxygen atoms in total. The minimum atomic E-state index is -2.55. The number of aromatic hydroxyl groups is 1. The van der Waals surface area contributed by atoms with E-state index in [1.807, 2.05) is 0 Å². The largest absolute Gasteiger partial charge is 0.508 e. The Balaban J connectivity index is 1.91. The van der Waals surface area contributed by atoms with Crippen LogP contribution in [-0.4, -0.2) is 19.8 Å². The van der Waals surface area contributed by atoms with Crippen LogP contribution in [0.1, 0.15) is 28.2 Å². The lowest BCUT2D eigenvalue weighted by Crippen LogP contribution is -2.16. The van der Waals surface area contributed by atoms with Crippen molar-refractivity contribution in [3.8, 4) is 11.5 Å². The second kappa shape index (κ2) is 8.12. The Kier molecular flexibility index (Phi) is 5.37. The van der Waals surface area contributed by atoms with Gasteiger partial charge >= 0.3 is 0 Å². The molecule has 3 aromatic carbocycles. The summed E-state index contributed by atoms with van der Waals surface area (Å²) in [6, 6.07) is 17.1. The van der Waals surface area contributed by atoms with Crippen molar-refractivity contribution in [1.29, 1.82) is 0 Å². The fraction of sp³-hybridized carbons (Fsp3) is 0.0870. The molecule has 0 aromatic heterocycles. The van der Waals surface area contributed by atoms with E-state index in [1.165, 1.54) is 24.3 Å². The van der Waals surface area contributed by atoms with Crippen LogP contribution in [0, 0.1) is 5.82 Å². The molecule has 1 heterocycles. The van der Waals surface area contributed by atoms with Crippen molar-refractivity contribution >= 4 is 28.3 Å². The molecule has 0 radical (unpaired) electrons. The first-order valence-electron chi connectivity index (χ1n) is 9.13. The summed E-state index contributed by atoms with van der Waals surface area (Å²) in [7, 11) is -2.55. The minimum Gasteiger partial charge on any atom is -0.508 e. The lowest BCUT2D eigenvalue weighted by molar-refractivity contribution is -0.108. The van der Waals surface area contributed by atoms with Gasteiger partial charge in [0.05, 0.1) is 11.7 Å². The molecule has 152 valence electrons. The molecule has 0 spiro atoms. The van der Waals surface area contributed by atoms with E-state index in [1.54, 1.807) is 42.5 Å². The molecule has 0 fully saturated rings. The maximum Gasteiger partial charge on any atom is 0.144 e. The number of rotatable bonds is 5. The molecule has 3 aromatic rings. The van der Waals surface area contributed by atoms with Gasteiger partial charge in [0.1, 0.15) is 40.1 Å². The Morgan fingerprint density at radius 1 is 0.967 bits per heavy atom. The Morgan fingerprint density at radius 3 is 2.27 bits per heavy atom. The summed E-state index contributed by atoms with van der Waals surface area (Å²) >= 11 is 0. The van der Waals surface area contributed by atoms with Gasteiger partial charge in [0, 0.05) is 16.7 Å². The molecule has 0 aliphatic carbocycles. The minimum absolute atomic E-state index is 0.00202. The first kappa shape index (κ1) is 19.8. The zero-order valence-electron chi connectivity index (χ0n) is 15.6. The van der Waals surface area contributed by atoms with Crippen molar-refractivity contribution in [2.24, 2.45) is 0 Å². The van der Waals surface area contributed by atoms with Crippen LogP contribution in [0.4, 0.5) is 4.39 Å². The number of benzene rings is 3. The first-order valence-corrected chi connectivity index (χ1v) is 10.5. The molecule has 1 aliphatic heterocycles. The van der Waals surface area contributed by atoms with Crippen molar-refractivity contribution in [2.75, 3.05) is 0 Å². The molecule has 1 atom stereocenters. The Morgan fingerprint density at radius 2 is 1.63 bits per heavy atom. The monoisotopic (exact) mass is 424 g/mol. The van der Waals surface area contributed by atoms with Gasteiger partial charge in [-0.1, -0.05) is 36.4 Å². The van der Waals surface area contributed by atoms with E-state index in [0.29, 0.717) is 39.3 Å². The predicted molar refractivity (Wildman–Crippen MR) is 111 cm³/mol.